The van der Waals surface area contributed by atoms with Gasteiger partial charge in [-0.3, -0.25) is 9.69 Å². The van der Waals surface area contributed by atoms with Crippen LogP contribution in [0.15, 0.2) is 35.7 Å². The zero-order valence-electron chi connectivity index (χ0n) is 14.9. The number of carbonyl (C=O) groups excluding carboxylic acids is 1. The molecule has 1 aliphatic rings. The number of likely N-dealkylation sites (tertiary alicyclic amines) is 1. The second-order valence-electron chi connectivity index (χ2n) is 6.61. The van der Waals surface area contributed by atoms with Gasteiger partial charge in [-0.05, 0) is 61.4 Å². The number of thiophene rings is 1. The predicted octanol–water partition coefficient (Wildman–Crippen LogP) is 4.12. The van der Waals surface area contributed by atoms with Crippen molar-refractivity contribution in [1.82, 2.24) is 10.2 Å². The third kappa shape index (κ3) is 6.16. The van der Waals surface area contributed by atoms with E-state index < -0.39 is 0 Å². The van der Waals surface area contributed by atoms with E-state index in [1.165, 1.54) is 17.7 Å². The number of nitrogens with one attached hydrogen (secondary N) is 1. The fourth-order valence-electron chi connectivity index (χ4n) is 3.30. The lowest BCUT2D eigenvalue weighted by atomic mass is 9.97. The lowest BCUT2D eigenvalue weighted by Gasteiger charge is -2.32. The SMILES string of the molecule is Cc1ccc(N)cc1C(=O)NCC1CCCN(Cc2cccs2)C1.Cl.Cl. The van der Waals surface area contributed by atoms with Crippen LogP contribution in [0.5, 0.6) is 0 Å². The van der Waals surface area contributed by atoms with Gasteiger partial charge in [0.1, 0.15) is 0 Å². The number of hydrogen-bond donors (Lipinski definition) is 2. The van der Waals surface area contributed by atoms with Gasteiger partial charge >= 0.3 is 0 Å². The molecular formula is C19H27Cl2N3OS. The largest absolute Gasteiger partial charge is 0.399 e. The summed E-state index contributed by atoms with van der Waals surface area (Å²) in [5, 5.41) is 5.23. The molecule has 1 aliphatic heterocycles. The molecule has 0 aliphatic carbocycles. The maximum absolute atomic E-state index is 12.4. The maximum atomic E-state index is 12.4. The van der Waals surface area contributed by atoms with Crippen LogP contribution in [0.2, 0.25) is 0 Å². The molecule has 144 valence electrons. The van der Waals surface area contributed by atoms with E-state index in [4.69, 9.17) is 5.73 Å². The van der Waals surface area contributed by atoms with Crippen molar-refractivity contribution in [2.75, 3.05) is 25.4 Å². The lowest BCUT2D eigenvalue weighted by molar-refractivity contribution is 0.0930. The van der Waals surface area contributed by atoms with E-state index in [1.807, 2.05) is 30.4 Å². The summed E-state index contributed by atoms with van der Waals surface area (Å²) in [6.07, 6.45) is 2.38. The van der Waals surface area contributed by atoms with Crippen molar-refractivity contribution in [1.29, 1.82) is 0 Å². The van der Waals surface area contributed by atoms with Crippen LogP contribution in [0, 0.1) is 12.8 Å². The lowest BCUT2D eigenvalue weighted by Crippen LogP contribution is -2.40. The summed E-state index contributed by atoms with van der Waals surface area (Å²) < 4.78 is 0. The van der Waals surface area contributed by atoms with Crippen molar-refractivity contribution in [3.63, 3.8) is 0 Å². The number of nitrogens with zero attached hydrogens (tertiary/aromatic N) is 1. The van der Waals surface area contributed by atoms with Gasteiger partial charge in [0.15, 0.2) is 0 Å². The van der Waals surface area contributed by atoms with Crippen LogP contribution in [0.25, 0.3) is 0 Å². The number of carbonyl (C=O) groups is 1. The Morgan fingerprint density at radius 1 is 1.35 bits per heavy atom. The van der Waals surface area contributed by atoms with E-state index in [2.05, 4.69) is 27.7 Å². The normalized spacial score (nSPS) is 17.0. The highest BCUT2D eigenvalue weighted by Crippen LogP contribution is 2.20. The van der Waals surface area contributed by atoms with Crippen molar-refractivity contribution in [3.8, 4) is 0 Å². The van der Waals surface area contributed by atoms with Crippen LogP contribution in [0.3, 0.4) is 0 Å². The molecule has 0 spiro atoms. The summed E-state index contributed by atoms with van der Waals surface area (Å²) in [5.41, 5.74) is 8.08. The van der Waals surface area contributed by atoms with Crippen LogP contribution in [-0.4, -0.2) is 30.4 Å². The molecule has 3 N–H and O–H groups in total. The van der Waals surface area contributed by atoms with Crippen LogP contribution in [0.4, 0.5) is 5.69 Å². The highest BCUT2D eigenvalue weighted by Gasteiger charge is 2.21. The number of hydrogen-bond acceptors (Lipinski definition) is 4. The summed E-state index contributed by atoms with van der Waals surface area (Å²) in [6, 6.07) is 9.78. The van der Waals surface area contributed by atoms with E-state index in [1.54, 1.807) is 6.07 Å². The molecule has 2 heterocycles. The first-order chi connectivity index (χ1) is 11.6. The van der Waals surface area contributed by atoms with Crippen LogP contribution in [-0.2, 0) is 6.54 Å². The van der Waals surface area contributed by atoms with Crippen molar-refractivity contribution < 1.29 is 4.79 Å². The van der Waals surface area contributed by atoms with Gasteiger partial charge in [-0.25, -0.2) is 0 Å². The second kappa shape index (κ2) is 10.8. The first kappa shape index (κ1) is 22.8. The Morgan fingerprint density at radius 3 is 2.88 bits per heavy atom. The standard InChI is InChI=1S/C19H25N3OS.2ClH/c1-14-6-7-16(20)10-18(14)19(23)21-11-15-4-2-8-22(12-15)13-17-5-3-9-24-17;;/h3,5-7,9-10,15H,2,4,8,11-13,20H2,1H3,(H,21,23);2*1H. The minimum atomic E-state index is -0.0184. The number of halogens is 2. The van der Waals surface area contributed by atoms with Crippen molar-refractivity contribution in [2.45, 2.75) is 26.3 Å². The Balaban J connectivity index is 0.00000169. The summed E-state index contributed by atoms with van der Waals surface area (Å²) in [6.45, 7) is 5.90. The van der Waals surface area contributed by atoms with Gasteiger partial charge in [0.25, 0.3) is 5.91 Å². The van der Waals surface area contributed by atoms with Crippen LogP contribution in [0.1, 0.15) is 33.6 Å². The van der Waals surface area contributed by atoms with Gasteiger partial charge in [-0.2, -0.15) is 0 Å². The topological polar surface area (TPSA) is 58.4 Å². The summed E-state index contributed by atoms with van der Waals surface area (Å²) in [7, 11) is 0. The average Bonchev–Trinajstić information content (AvgIpc) is 3.08. The molecule has 1 saturated heterocycles. The second-order valence-corrected chi connectivity index (χ2v) is 7.64. The van der Waals surface area contributed by atoms with E-state index in [0.29, 0.717) is 17.2 Å². The number of anilines is 1. The number of aryl methyl sites for hydroxylation is 1. The van der Waals surface area contributed by atoms with Gasteiger partial charge in [0.2, 0.25) is 0 Å². The van der Waals surface area contributed by atoms with Gasteiger partial charge in [-0.1, -0.05) is 12.1 Å². The number of rotatable bonds is 5. The molecule has 7 heteroatoms. The van der Waals surface area contributed by atoms with Gasteiger partial charge in [0, 0.05) is 35.8 Å². The molecule has 1 atom stereocenters. The first-order valence-electron chi connectivity index (χ1n) is 8.51. The van der Waals surface area contributed by atoms with E-state index in [0.717, 1.165) is 31.7 Å². The average molecular weight is 416 g/mol. The fraction of sp³-hybridized carbons (Fsp3) is 0.421. The molecule has 1 fully saturated rings. The predicted molar refractivity (Wildman–Crippen MR) is 115 cm³/mol. The molecular weight excluding hydrogens is 389 g/mol. The molecule has 1 aromatic carbocycles. The molecule has 0 radical (unpaired) electrons. The number of amides is 1. The molecule has 3 rings (SSSR count). The third-order valence-electron chi connectivity index (χ3n) is 4.62. The van der Waals surface area contributed by atoms with Crippen LogP contribution >= 0.6 is 36.2 Å². The fourth-order valence-corrected chi connectivity index (χ4v) is 4.05. The van der Waals surface area contributed by atoms with Gasteiger partial charge < -0.3 is 11.1 Å². The molecule has 26 heavy (non-hydrogen) atoms. The van der Waals surface area contributed by atoms with Crippen molar-refractivity contribution >= 4 is 47.7 Å². The number of piperidine rings is 1. The Bertz CT molecular complexity index is 694. The molecule has 4 nitrogen and oxygen atoms in total. The van der Waals surface area contributed by atoms with Gasteiger partial charge in [0.05, 0.1) is 0 Å². The maximum Gasteiger partial charge on any atom is 0.251 e. The summed E-state index contributed by atoms with van der Waals surface area (Å²) in [5.74, 6) is 0.499. The van der Waals surface area contributed by atoms with Crippen molar-refractivity contribution in [3.05, 3.63) is 51.7 Å². The van der Waals surface area contributed by atoms with E-state index >= 15 is 0 Å². The highest BCUT2D eigenvalue weighted by molar-refractivity contribution is 7.09. The molecule has 1 amide bonds. The Hall–Kier alpha value is -1.27. The zero-order chi connectivity index (χ0) is 16.9. The van der Waals surface area contributed by atoms with Gasteiger partial charge in [-0.15, -0.1) is 36.2 Å². The Labute approximate surface area is 172 Å². The Kier molecular flexibility index (Phi) is 9.44. The first-order valence-corrected chi connectivity index (χ1v) is 9.39. The van der Waals surface area contributed by atoms with Crippen LogP contribution < -0.4 is 11.1 Å². The quantitative estimate of drug-likeness (QED) is 0.721. The number of benzene rings is 1. The minimum Gasteiger partial charge on any atom is -0.399 e. The summed E-state index contributed by atoms with van der Waals surface area (Å²) in [4.78, 5) is 16.3. The summed E-state index contributed by atoms with van der Waals surface area (Å²) >= 11 is 1.81. The molecule has 0 bridgehead atoms. The molecule has 0 saturated carbocycles. The molecule has 2 aromatic rings. The zero-order valence-corrected chi connectivity index (χ0v) is 17.4. The molecule has 1 unspecified atom stereocenters. The minimum absolute atomic E-state index is 0. The molecule has 1 aromatic heterocycles. The number of nitrogen functional groups attached to an aromatic ring is 1. The third-order valence-corrected chi connectivity index (χ3v) is 5.48. The van der Waals surface area contributed by atoms with E-state index in [-0.39, 0.29) is 30.7 Å². The number of nitrogens with two attached hydrogens (primary N) is 1. The van der Waals surface area contributed by atoms with Crippen molar-refractivity contribution in [2.24, 2.45) is 5.92 Å². The van der Waals surface area contributed by atoms with E-state index in [9.17, 15) is 4.79 Å². The highest BCUT2D eigenvalue weighted by atomic mass is 35.5. The smallest absolute Gasteiger partial charge is 0.251 e. The monoisotopic (exact) mass is 415 g/mol. The Morgan fingerprint density at radius 2 is 2.15 bits per heavy atom.